The third kappa shape index (κ3) is 11.7. The van der Waals surface area contributed by atoms with Crippen molar-refractivity contribution in [2.45, 2.75) is 131 Å². The van der Waals surface area contributed by atoms with Crippen LogP contribution in [-0.2, 0) is 11.3 Å². The van der Waals surface area contributed by atoms with Crippen LogP contribution in [0.4, 0.5) is 0 Å². The van der Waals surface area contributed by atoms with Gasteiger partial charge in [-0.25, -0.2) is 0 Å². The minimum atomic E-state index is -0.754. The summed E-state index contributed by atoms with van der Waals surface area (Å²) in [6, 6.07) is 1.38. The van der Waals surface area contributed by atoms with Gasteiger partial charge in [-0.15, -0.1) is 0 Å². The van der Waals surface area contributed by atoms with E-state index in [1.54, 1.807) is 31.5 Å². The zero-order chi connectivity index (χ0) is 24.7. The van der Waals surface area contributed by atoms with Gasteiger partial charge in [0.05, 0.1) is 5.41 Å². The van der Waals surface area contributed by atoms with E-state index in [4.69, 9.17) is 4.74 Å². The minimum Gasteiger partial charge on any atom is -0.420 e. The Morgan fingerprint density at radius 1 is 0.818 bits per heavy atom. The van der Waals surface area contributed by atoms with Crippen LogP contribution < -0.4 is 10.2 Å². The molecule has 188 valence electrons. The van der Waals surface area contributed by atoms with E-state index in [-0.39, 0.29) is 17.2 Å². The lowest BCUT2D eigenvalue weighted by Crippen LogP contribution is -2.29. The molecule has 0 N–H and O–H groups in total. The van der Waals surface area contributed by atoms with Crippen molar-refractivity contribution in [3.8, 4) is 5.75 Å². The number of unbranched alkanes of at least 4 members (excludes halogenated alkanes) is 13. The molecule has 0 radical (unpaired) electrons. The molecule has 1 rings (SSSR count). The predicted molar refractivity (Wildman–Crippen MR) is 136 cm³/mol. The van der Waals surface area contributed by atoms with Crippen LogP contribution >= 0.6 is 0 Å². The van der Waals surface area contributed by atoms with Crippen LogP contribution in [0.25, 0.3) is 0 Å². The maximum atomic E-state index is 12.3. The molecule has 0 saturated carbocycles. The normalized spacial score (nSPS) is 11.5. The standard InChI is InChI=1S/C28H47NO4/c1-6-7-8-9-10-11-12-13-14-15-16-17-18-19-21-29-22-20-24(31)26(25(29)23(2)30)33-27(32)28(3,4)5/h20,22H,6-19,21H2,1-5H3. The summed E-state index contributed by atoms with van der Waals surface area (Å²) in [5, 5.41) is 0. The third-order valence-corrected chi connectivity index (χ3v) is 6.03. The first-order chi connectivity index (χ1) is 15.7. The lowest BCUT2D eigenvalue weighted by atomic mass is 9.97. The summed E-state index contributed by atoms with van der Waals surface area (Å²) in [5.41, 5.74) is -1.000. The lowest BCUT2D eigenvalue weighted by Gasteiger charge is -2.19. The molecule has 5 nitrogen and oxygen atoms in total. The number of aryl methyl sites for hydroxylation is 1. The third-order valence-electron chi connectivity index (χ3n) is 6.03. The SMILES string of the molecule is CCCCCCCCCCCCCCCCn1ccc(=O)c(OC(=O)C(C)(C)C)c1C(C)=O. The van der Waals surface area contributed by atoms with Gasteiger partial charge in [0.25, 0.3) is 0 Å². The molecule has 5 heteroatoms. The van der Waals surface area contributed by atoms with Crippen molar-refractivity contribution >= 4 is 11.8 Å². The van der Waals surface area contributed by atoms with Crippen molar-refractivity contribution in [3.05, 3.63) is 28.2 Å². The van der Waals surface area contributed by atoms with E-state index >= 15 is 0 Å². The molecule has 1 aromatic rings. The first-order valence-electron chi connectivity index (χ1n) is 13.1. The molecular formula is C28H47NO4. The summed E-state index contributed by atoms with van der Waals surface area (Å²) in [5.74, 6) is -0.929. The Bertz CT molecular complexity index is 773. The largest absolute Gasteiger partial charge is 0.420 e. The number of hydrogen-bond acceptors (Lipinski definition) is 4. The summed E-state index contributed by atoms with van der Waals surface area (Å²) >= 11 is 0. The zero-order valence-corrected chi connectivity index (χ0v) is 21.8. The number of carbonyl (C=O) groups excluding carboxylic acids is 2. The number of pyridine rings is 1. The van der Waals surface area contributed by atoms with E-state index in [2.05, 4.69) is 6.92 Å². The number of hydrogen-bond donors (Lipinski definition) is 0. The van der Waals surface area contributed by atoms with Crippen molar-refractivity contribution < 1.29 is 14.3 Å². The van der Waals surface area contributed by atoms with Crippen molar-refractivity contribution in [1.82, 2.24) is 4.57 Å². The Morgan fingerprint density at radius 3 is 1.70 bits per heavy atom. The summed E-state index contributed by atoms with van der Waals surface area (Å²) < 4.78 is 7.13. The number of rotatable bonds is 17. The Hall–Kier alpha value is -1.91. The Balaban J connectivity index is 2.36. The average Bonchev–Trinajstić information content (AvgIpc) is 2.75. The van der Waals surface area contributed by atoms with Gasteiger partial charge in [-0.1, -0.05) is 90.4 Å². The molecule has 0 aliphatic heterocycles. The maximum Gasteiger partial charge on any atom is 0.316 e. The first-order valence-corrected chi connectivity index (χ1v) is 13.1. The fourth-order valence-electron chi connectivity index (χ4n) is 3.92. The number of aromatic nitrogens is 1. The first kappa shape index (κ1) is 29.1. The summed E-state index contributed by atoms with van der Waals surface area (Å²) in [6.45, 7) is 9.46. The van der Waals surface area contributed by atoms with Crippen LogP contribution in [0.1, 0.15) is 135 Å². The highest BCUT2D eigenvalue weighted by Gasteiger charge is 2.27. The number of ether oxygens (including phenoxy) is 1. The van der Waals surface area contributed by atoms with Gasteiger partial charge in [-0.05, 0) is 27.2 Å². The summed E-state index contributed by atoms with van der Waals surface area (Å²) in [6.07, 6.45) is 19.7. The van der Waals surface area contributed by atoms with E-state index in [1.807, 2.05) is 0 Å². The molecule has 0 spiro atoms. The summed E-state index contributed by atoms with van der Waals surface area (Å²) in [4.78, 5) is 36.9. The Morgan fingerprint density at radius 2 is 1.27 bits per heavy atom. The molecule has 1 heterocycles. The fraction of sp³-hybridized carbons (Fsp3) is 0.750. The van der Waals surface area contributed by atoms with Gasteiger partial charge in [-0.2, -0.15) is 0 Å². The quantitative estimate of drug-likeness (QED) is 0.137. The molecule has 1 aromatic heterocycles. The Kier molecular flexibility index (Phi) is 14.0. The highest BCUT2D eigenvalue weighted by atomic mass is 16.5. The van der Waals surface area contributed by atoms with Gasteiger partial charge >= 0.3 is 5.97 Å². The van der Waals surface area contributed by atoms with Crippen LogP contribution in [0.15, 0.2) is 17.1 Å². The van der Waals surface area contributed by atoms with Crippen molar-refractivity contribution in [2.75, 3.05) is 0 Å². The van der Waals surface area contributed by atoms with E-state index in [1.165, 1.54) is 90.0 Å². The van der Waals surface area contributed by atoms with Crippen LogP contribution in [0.5, 0.6) is 5.75 Å². The molecule has 33 heavy (non-hydrogen) atoms. The molecule has 0 saturated heterocycles. The van der Waals surface area contributed by atoms with Gasteiger partial charge in [0.2, 0.25) is 11.2 Å². The predicted octanol–water partition coefficient (Wildman–Crippen LogP) is 7.48. The molecular weight excluding hydrogens is 414 g/mol. The van der Waals surface area contributed by atoms with Crippen LogP contribution in [-0.4, -0.2) is 16.3 Å². The number of carbonyl (C=O) groups is 2. The van der Waals surface area contributed by atoms with Crippen molar-refractivity contribution in [1.29, 1.82) is 0 Å². The molecule has 0 atom stereocenters. The second kappa shape index (κ2) is 15.8. The van der Waals surface area contributed by atoms with Crippen LogP contribution in [0, 0.1) is 5.41 Å². The zero-order valence-electron chi connectivity index (χ0n) is 21.8. The molecule has 0 bridgehead atoms. The van der Waals surface area contributed by atoms with Crippen molar-refractivity contribution in [2.24, 2.45) is 5.41 Å². The van der Waals surface area contributed by atoms with Gasteiger partial charge < -0.3 is 9.30 Å². The van der Waals surface area contributed by atoms with Crippen LogP contribution in [0.3, 0.4) is 0 Å². The van der Waals surface area contributed by atoms with Gasteiger partial charge in [0.15, 0.2) is 5.78 Å². The number of esters is 1. The smallest absolute Gasteiger partial charge is 0.316 e. The number of Topliss-reactive ketones (excluding diaryl/α,β-unsaturated/α-hetero) is 1. The number of nitrogens with zero attached hydrogens (tertiary/aromatic N) is 1. The molecule has 0 aliphatic carbocycles. The van der Waals surface area contributed by atoms with Crippen molar-refractivity contribution in [3.63, 3.8) is 0 Å². The number of ketones is 1. The lowest BCUT2D eigenvalue weighted by molar-refractivity contribution is -0.143. The molecule has 0 unspecified atom stereocenters. The minimum absolute atomic E-state index is 0.143. The van der Waals surface area contributed by atoms with Gasteiger partial charge in [-0.3, -0.25) is 14.4 Å². The molecule has 0 aliphatic rings. The second-order valence-electron chi connectivity index (χ2n) is 10.3. The van der Waals surface area contributed by atoms with E-state index in [0.717, 1.165) is 12.8 Å². The fourth-order valence-corrected chi connectivity index (χ4v) is 3.92. The monoisotopic (exact) mass is 461 g/mol. The highest BCUT2D eigenvalue weighted by Crippen LogP contribution is 2.21. The average molecular weight is 462 g/mol. The topological polar surface area (TPSA) is 65.4 Å². The second-order valence-corrected chi connectivity index (χ2v) is 10.3. The van der Waals surface area contributed by atoms with Gasteiger partial charge in [0, 0.05) is 25.7 Å². The molecule has 0 amide bonds. The van der Waals surface area contributed by atoms with Crippen LogP contribution in [0.2, 0.25) is 0 Å². The Labute approximate surface area is 201 Å². The maximum absolute atomic E-state index is 12.3. The van der Waals surface area contributed by atoms with Gasteiger partial charge in [0.1, 0.15) is 5.69 Å². The molecule has 0 fully saturated rings. The summed E-state index contributed by atoms with van der Waals surface area (Å²) in [7, 11) is 0. The van der Waals surface area contributed by atoms with E-state index < -0.39 is 16.8 Å². The van der Waals surface area contributed by atoms with E-state index in [0.29, 0.717) is 6.54 Å². The van der Waals surface area contributed by atoms with E-state index in [9.17, 15) is 14.4 Å². The highest BCUT2D eigenvalue weighted by molar-refractivity contribution is 5.96. The molecule has 0 aromatic carbocycles.